The summed E-state index contributed by atoms with van der Waals surface area (Å²) in [5.74, 6) is 0.742. The second-order valence-corrected chi connectivity index (χ2v) is 7.41. The third-order valence-electron chi connectivity index (χ3n) is 5.14. The van der Waals surface area contributed by atoms with E-state index in [0.29, 0.717) is 31.0 Å². The fraction of sp³-hybridized carbons (Fsp3) is 0.391. The summed E-state index contributed by atoms with van der Waals surface area (Å²) >= 11 is 0. The average molecular weight is 397 g/mol. The number of carbonyl (C=O) groups excluding carboxylic acids is 2. The zero-order valence-electron chi connectivity index (χ0n) is 16.9. The molecule has 2 aromatic rings. The number of ether oxygens (including phenoxy) is 1. The van der Waals surface area contributed by atoms with Crippen LogP contribution in [-0.2, 0) is 16.0 Å². The van der Waals surface area contributed by atoms with Crippen molar-refractivity contribution >= 4 is 17.5 Å². The number of hydrogen-bond donors (Lipinski definition) is 3. The van der Waals surface area contributed by atoms with Crippen molar-refractivity contribution in [2.75, 3.05) is 31.6 Å². The van der Waals surface area contributed by atoms with Crippen LogP contribution in [0.1, 0.15) is 25.3 Å². The first-order valence-corrected chi connectivity index (χ1v) is 10.3. The second-order valence-electron chi connectivity index (χ2n) is 7.41. The Labute approximate surface area is 172 Å². The van der Waals surface area contributed by atoms with Crippen molar-refractivity contribution in [3.8, 4) is 5.75 Å². The molecule has 0 spiro atoms. The van der Waals surface area contributed by atoms with E-state index in [1.165, 1.54) is 4.90 Å². The van der Waals surface area contributed by atoms with Gasteiger partial charge in [-0.1, -0.05) is 42.5 Å². The van der Waals surface area contributed by atoms with E-state index < -0.39 is 0 Å². The number of quaternary nitrogens is 1. The van der Waals surface area contributed by atoms with Crippen LogP contribution in [0.5, 0.6) is 5.75 Å². The Morgan fingerprint density at radius 2 is 1.69 bits per heavy atom. The second kappa shape index (κ2) is 10.6. The fourth-order valence-electron chi connectivity index (χ4n) is 3.68. The van der Waals surface area contributed by atoms with Gasteiger partial charge in [0, 0.05) is 18.9 Å². The molecule has 1 saturated heterocycles. The SMILES string of the molecule is CCOc1ccccc1NC(=O)C[NH+]1CCC(NC(=O)Cc2ccccc2)CC1. The molecule has 0 aliphatic carbocycles. The summed E-state index contributed by atoms with van der Waals surface area (Å²) in [7, 11) is 0. The molecule has 0 saturated carbocycles. The van der Waals surface area contributed by atoms with Crippen LogP contribution in [0.15, 0.2) is 54.6 Å². The normalized spacial score (nSPS) is 18.7. The van der Waals surface area contributed by atoms with Gasteiger partial charge in [0.05, 0.1) is 31.8 Å². The van der Waals surface area contributed by atoms with Crippen molar-refractivity contribution in [2.24, 2.45) is 0 Å². The number of carbonyl (C=O) groups is 2. The topological polar surface area (TPSA) is 71.9 Å². The van der Waals surface area contributed by atoms with E-state index in [1.54, 1.807) is 0 Å². The maximum Gasteiger partial charge on any atom is 0.279 e. The molecule has 6 heteroatoms. The van der Waals surface area contributed by atoms with Gasteiger partial charge in [0.25, 0.3) is 5.91 Å². The molecule has 154 valence electrons. The minimum atomic E-state index is -0.0151. The molecule has 1 aliphatic heterocycles. The number of anilines is 1. The van der Waals surface area contributed by atoms with Gasteiger partial charge in [0.2, 0.25) is 5.91 Å². The summed E-state index contributed by atoms with van der Waals surface area (Å²) in [4.78, 5) is 25.9. The Morgan fingerprint density at radius 3 is 2.41 bits per heavy atom. The summed E-state index contributed by atoms with van der Waals surface area (Å²) in [5.41, 5.74) is 1.74. The number of rotatable bonds is 8. The highest BCUT2D eigenvalue weighted by Crippen LogP contribution is 2.23. The van der Waals surface area contributed by atoms with Gasteiger partial charge < -0.3 is 20.3 Å². The van der Waals surface area contributed by atoms with E-state index in [2.05, 4.69) is 10.6 Å². The van der Waals surface area contributed by atoms with Crippen molar-refractivity contribution in [2.45, 2.75) is 32.2 Å². The number of para-hydroxylation sites is 2. The molecular weight excluding hydrogens is 366 g/mol. The zero-order chi connectivity index (χ0) is 20.5. The highest BCUT2D eigenvalue weighted by Gasteiger charge is 2.25. The van der Waals surface area contributed by atoms with Crippen LogP contribution >= 0.6 is 0 Å². The minimum absolute atomic E-state index is 0.0151. The molecule has 29 heavy (non-hydrogen) atoms. The van der Waals surface area contributed by atoms with Crippen molar-refractivity contribution < 1.29 is 19.2 Å². The third kappa shape index (κ3) is 6.61. The van der Waals surface area contributed by atoms with Gasteiger partial charge in [-0.25, -0.2) is 0 Å². The van der Waals surface area contributed by atoms with Crippen LogP contribution in [0.2, 0.25) is 0 Å². The van der Waals surface area contributed by atoms with Gasteiger partial charge in [-0.05, 0) is 24.6 Å². The van der Waals surface area contributed by atoms with Crippen molar-refractivity contribution in [1.29, 1.82) is 0 Å². The fourth-order valence-corrected chi connectivity index (χ4v) is 3.68. The first-order valence-electron chi connectivity index (χ1n) is 10.3. The number of likely N-dealkylation sites (tertiary alicyclic amines) is 1. The standard InChI is InChI=1S/C23H29N3O3/c1-2-29-21-11-7-6-10-20(21)25-23(28)17-26-14-12-19(13-15-26)24-22(27)16-18-8-4-3-5-9-18/h3-11,19H,2,12-17H2,1H3,(H,24,27)(H,25,28)/p+1. The highest BCUT2D eigenvalue weighted by molar-refractivity contribution is 5.92. The lowest BCUT2D eigenvalue weighted by atomic mass is 10.0. The minimum Gasteiger partial charge on any atom is -0.492 e. The van der Waals surface area contributed by atoms with Crippen molar-refractivity contribution in [3.05, 3.63) is 60.2 Å². The van der Waals surface area contributed by atoms with Crippen molar-refractivity contribution in [1.82, 2.24) is 5.32 Å². The van der Waals surface area contributed by atoms with Gasteiger partial charge in [-0.2, -0.15) is 0 Å². The smallest absolute Gasteiger partial charge is 0.279 e. The summed E-state index contributed by atoms with van der Waals surface area (Å²) in [6, 6.07) is 17.5. The van der Waals surface area contributed by atoms with Crippen LogP contribution in [-0.4, -0.2) is 44.1 Å². The maximum atomic E-state index is 12.4. The molecule has 3 rings (SSSR count). The van der Waals surface area contributed by atoms with E-state index in [4.69, 9.17) is 4.74 Å². The number of hydrogen-bond acceptors (Lipinski definition) is 3. The molecule has 0 radical (unpaired) electrons. The highest BCUT2D eigenvalue weighted by atomic mass is 16.5. The van der Waals surface area contributed by atoms with E-state index in [1.807, 2.05) is 61.5 Å². The van der Waals surface area contributed by atoms with Gasteiger partial charge >= 0.3 is 0 Å². The molecule has 1 heterocycles. The summed E-state index contributed by atoms with van der Waals surface area (Å²) in [5, 5.41) is 6.09. The first kappa shape index (κ1) is 20.9. The van der Waals surface area contributed by atoms with Gasteiger partial charge in [0.1, 0.15) is 5.75 Å². The Kier molecular flexibility index (Phi) is 7.64. The first-order chi connectivity index (χ1) is 14.1. The molecule has 6 nitrogen and oxygen atoms in total. The Bertz CT molecular complexity index is 802. The molecule has 0 bridgehead atoms. The van der Waals surface area contributed by atoms with Crippen LogP contribution < -0.4 is 20.3 Å². The molecule has 0 unspecified atom stereocenters. The van der Waals surface area contributed by atoms with Gasteiger partial charge in [0.15, 0.2) is 6.54 Å². The number of piperidine rings is 1. The molecule has 3 N–H and O–H groups in total. The largest absolute Gasteiger partial charge is 0.492 e. The predicted octanol–water partition coefficient (Wildman–Crippen LogP) is 1.43. The average Bonchev–Trinajstić information content (AvgIpc) is 2.72. The zero-order valence-corrected chi connectivity index (χ0v) is 16.9. The van der Waals surface area contributed by atoms with Crippen molar-refractivity contribution in [3.63, 3.8) is 0 Å². The lowest BCUT2D eigenvalue weighted by Gasteiger charge is -2.29. The molecule has 1 aliphatic rings. The van der Waals surface area contributed by atoms with Gasteiger partial charge in [-0.15, -0.1) is 0 Å². The lowest BCUT2D eigenvalue weighted by molar-refractivity contribution is -0.897. The summed E-state index contributed by atoms with van der Waals surface area (Å²) in [6.07, 6.45) is 2.19. The van der Waals surface area contributed by atoms with E-state index in [-0.39, 0.29) is 17.9 Å². The molecule has 0 aromatic heterocycles. The van der Waals surface area contributed by atoms with Crippen LogP contribution in [0.25, 0.3) is 0 Å². The number of amides is 2. The molecule has 0 atom stereocenters. The Morgan fingerprint density at radius 1 is 1.00 bits per heavy atom. The number of benzene rings is 2. The predicted molar refractivity (Wildman–Crippen MR) is 113 cm³/mol. The molecule has 2 aromatic carbocycles. The molecular formula is C23H30N3O3+. The van der Waals surface area contributed by atoms with E-state index in [9.17, 15) is 9.59 Å². The molecule has 2 amide bonds. The Balaban J connectivity index is 1.40. The van der Waals surface area contributed by atoms with E-state index >= 15 is 0 Å². The monoisotopic (exact) mass is 396 g/mol. The summed E-state index contributed by atoms with van der Waals surface area (Å²) in [6.45, 7) is 4.64. The van der Waals surface area contributed by atoms with Crippen LogP contribution in [0, 0.1) is 0 Å². The Hall–Kier alpha value is -2.86. The maximum absolute atomic E-state index is 12.4. The van der Waals surface area contributed by atoms with Crippen LogP contribution in [0.4, 0.5) is 5.69 Å². The quantitative estimate of drug-likeness (QED) is 0.632. The van der Waals surface area contributed by atoms with E-state index in [0.717, 1.165) is 31.5 Å². The third-order valence-corrected chi connectivity index (χ3v) is 5.14. The lowest BCUT2D eigenvalue weighted by Crippen LogP contribution is -3.14. The summed E-state index contributed by atoms with van der Waals surface area (Å²) < 4.78 is 5.56. The van der Waals surface area contributed by atoms with Crippen LogP contribution in [0.3, 0.4) is 0 Å². The van der Waals surface area contributed by atoms with Gasteiger partial charge in [-0.3, -0.25) is 9.59 Å². The number of nitrogens with one attached hydrogen (secondary N) is 3. The molecule has 1 fully saturated rings.